The SMILES string of the molecule is COc1c(N2CCNCC2)ccc2c(=O)c3c(=O)[nH]sc3n(C3CC3)c12. The number of fused-ring (bicyclic) bond motifs is 2. The Hall–Kier alpha value is -2.32. The van der Waals surface area contributed by atoms with Crippen molar-refractivity contribution < 1.29 is 4.74 Å². The molecular formula is C18H20N4O3S. The molecule has 7 nitrogen and oxygen atoms in total. The zero-order valence-electron chi connectivity index (χ0n) is 14.5. The van der Waals surface area contributed by atoms with Gasteiger partial charge in [0.05, 0.1) is 23.7 Å². The maximum atomic E-state index is 13.0. The average Bonchev–Trinajstić information content (AvgIpc) is 3.44. The summed E-state index contributed by atoms with van der Waals surface area (Å²) in [5.41, 5.74) is 1.33. The van der Waals surface area contributed by atoms with Gasteiger partial charge in [0, 0.05) is 32.2 Å². The fourth-order valence-electron chi connectivity index (χ4n) is 3.92. The van der Waals surface area contributed by atoms with E-state index in [2.05, 4.69) is 19.2 Å². The number of anilines is 1. The molecule has 2 N–H and O–H groups in total. The van der Waals surface area contributed by atoms with Crippen molar-refractivity contribution in [2.24, 2.45) is 0 Å². The maximum absolute atomic E-state index is 13.0. The van der Waals surface area contributed by atoms with Crippen LogP contribution < -0.4 is 25.9 Å². The number of aromatic nitrogens is 2. The van der Waals surface area contributed by atoms with E-state index < -0.39 is 0 Å². The van der Waals surface area contributed by atoms with Gasteiger partial charge in [-0.1, -0.05) is 0 Å². The lowest BCUT2D eigenvalue weighted by Gasteiger charge is -2.31. The summed E-state index contributed by atoms with van der Waals surface area (Å²) in [5, 5.41) is 4.19. The van der Waals surface area contributed by atoms with Crippen LogP contribution in [-0.2, 0) is 0 Å². The summed E-state index contributed by atoms with van der Waals surface area (Å²) in [7, 11) is 1.66. The van der Waals surface area contributed by atoms with E-state index in [1.807, 2.05) is 12.1 Å². The quantitative estimate of drug-likeness (QED) is 0.731. The Bertz CT molecular complexity index is 1120. The van der Waals surface area contributed by atoms with Crippen molar-refractivity contribution in [2.75, 3.05) is 38.2 Å². The largest absolute Gasteiger partial charge is 0.492 e. The van der Waals surface area contributed by atoms with Gasteiger partial charge in [0.25, 0.3) is 5.56 Å². The highest BCUT2D eigenvalue weighted by Gasteiger charge is 2.31. The van der Waals surface area contributed by atoms with Gasteiger partial charge in [0.2, 0.25) is 5.43 Å². The van der Waals surface area contributed by atoms with Crippen LogP contribution in [0.25, 0.3) is 21.1 Å². The third-order valence-electron chi connectivity index (χ3n) is 5.30. The van der Waals surface area contributed by atoms with Crippen LogP contribution in [0.1, 0.15) is 18.9 Å². The van der Waals surface area contributed by atoms with E-state index in [1.165, 1.54) is 11.5 Å². The van der Waals surface area contributed by atoms with Crippen LogP contribution in [0.15, 0.2) is 21.7 Å². The smallest absolute Gasteiger partial charge is 0.271 e. The first-order valence-electron chi connectivity index (χ1n) is 8.92. The molecule has 3 heterocycles. The summed E-state index contributed by atoms with van der Waals surface area (Å²) < 4.78 is 10.7. The van der Waals surface area contributed by atoms with Gasteiger partial charge in [-0.05, 0) is 36.5 Å². The first-order valence-corrected chi connectivity index (χ1v) is 9.74. The molecule has 1 saturated carbocycles. The van der Waals surface area contributed by atoms with Crippen molar-refractivity contribution >= 4 is 38.3 Å². The van der Waals surface area contributed by atoms with Gasteiger partial charge in [0.15, 0.2) is 5.75 Å². The minimum absolute atomic E-state index is 0.209. The molecule has 5 rings (SSSR count). The summed E-state index contributed by atoms with van der Waals surface area (Å²) in [6.07, 6.45) is 2.11. The normalized spacial score (nSPS) is 18.0. The van der Waals surface area contributed by atoms with Crippen molar-refractivity contribution in [1.29, 1.82) is 0 Å². The topological polar surface area (TPSA) is 79.4 Å². The maximum Gasteiger partial charge on any atom is 0.271 e. The predicted molar refractivity (Wildman–Crippen MR) is 104 cm³/mol. The minimum atomic E-state index is -0.295. The summed E-state index contributed by atoms with van der Waals surface area (Å²) in [6, 6.07) is 4.13. The monoisotopic (exact) mass is 372 g/mol. The Balaban J connectivity index is 1.90. The van der Waals surface area contributed by atoms with E-state index in [9.17, 15) is 9.59 Å². The van der Waals surface area contributed by atoms with Crippen molar-refractivity contribution in [3.05, 3.63) is 32.7 Å². The molecule has 136 valence electrons. The average molecular weight is 372 g/mol. The molecule has 1 aliphatic heterocycles. The fraction of sp³-hybridized carbons (Fsp3) is 0.444. The predicted octanol–water partition coefficient (Wildman–Crippen LogP) is 1.66. The fourth-order valence-corrected chi connectivity index (χ4v) is 4.84. The van der Waals surface area contributed by atoms with Gasteiger partial charge in [-0.25, -0.2) is 0 Å². The molecule has 0 spiro atoms. The van der Waals surface area contributed by atoms with E-state index in [4.69, 9.17) is 4.74 Å². The lowest BCUT2D eigenvalue weighted by Crippen LogP contribution is -2.43. The third-order valence-corrected chi connectivity index (χ3v) is 6.18. The van der Waals surface area contributed by atoms with Crippen LogP contribution >= 0.6 is 11.5 Å². The molecule has 0 radical (unpaired) electrons. The number of hydrogen-bond donors (Lipinski definition) is 2. The van der Waals surface area contributed by atoms with E-state index in [1.54, 1.807) is 7.11 Å². The standard InChI is InChI=1S/C18H20N4O3S/c1-25-16-12(21-8-6-19-7-9-21)5-4-11-14(16)22(10-2-3-10)18-13(15(11)23)17(24)20-26-18/h4-5,10,19H,2-3,6-9H2,1H3,(H,20,24). The molecule has 2 aliphatic rings. The van der Waals surface area contributed by atoms with Gasteiger partial charge in [-0.3, -0.25) is 14.0 Å². The number of nitrogens with zero attached hydrogens (tertiary/aromatic N) is 2. The molecule has 26 heavy (non-hydrogen) atoms. The van der Waals surface area contributed by atoms with Crippen LogP contribution in [0, 0.1) is 0 Å². The summed E-state index contributed by atoms with van der Waals surface area (Å²) in [4.78, 5) is 28.2. The van der Waals surface area contributed by atoms with E-state index in [-0.39, 0.29) is 16.4 Å². The first-order chi connectivity index (χ1) is 12.7. The number of pyridine rings is 1. The molecular weight excluding hydrogens is 352 g/mol. The summed E-state index contributed by atoms with van der Waals surface area (Å²) in [6.45, 7) is 3.65. The van der Waals surface area contributed by atoms with E-state index in [0.29, 0.717) is 11.4 Å². The molecule has 3 aromatic rings. The highest BCUT2D eigenvalue weighted by Crippen LogP contribution is 2.44. The van der Waals surface area contributed by atoms with Crippen molar-refractivity contribution in [2.45, 2.75) is 18.9 Å². The molecule has 2 fully saturated rings. The number of benzene rings is 1. The Kier molecular flexibility index (Phi) is 3.58. The summed E-state index contributed by atoms with van der Waals surface area (Å²) >= 11 is 1.24. The van der Waals surface area contributed by atoms with Gasteiger partial charge in [0.1, 0.15) is 10.2 Å². The van der Waals surface area contributed by atoms with Gasteiger partial charge in [-0.2, -0.15) is 0 Å². The second-order valence-electron chi connectivity index (χ2n) is 6.89. The first kappa shape index (κ1) is 15.9. The van der Waals surface area contributed by atoms with Crippen molar-refractivity contribution in [3.8, 4) is 5.75 Å². The molecule has 0 bridgehead atoms. The van der Waals surface area contributed by atoms with E-state index in [0.717, 1.165) is 60.8 Å². The van der Waals surface area contributed by atoms with Crippen LogP contribution in [0.4, 0.5) is 5.69 Å². The third kappa shape index (κ3) is 2.22. The van der Waals surface area contributed by atoms with Gasteiger partial charge >= 0.3 is 0 Å². The number of rotatable bonds is 3. The number of hydrogen-bond acceptors (Lipinski definition) is 6. The molecule has 1 saturated heterocycles. The number of piperazine rings is 1. The van der Waals surface area contributed by atoms with E-state index >= 15 is 0 Å². The minimum Gasteiger partial charge on any atom is -0.492 e. The molecule has 8 heteroatoms. The lowest BCUT2D eigenvalue weighted by molar-refractivity contribution is 0.415. The van der Waals surface area contributed by atoms with Crippen LogP contribution in [0.3, 0.4) is 0 Å². The molecule has 2 aromatic heterocycles. The molecule has 1 aliphatic carbocycles. The highest BCUT2D eigenvalue weighted by atomic mass is 32.1. The van der Waals surface area contributed by atoms with Crippen LogP contribution in [-0.4, -0.2) is 42.2 Å². The van der Waals surface area contributed by atoms with Gasteiger partial charge < -0.3 is 19.5 Å². The number of H-pyrrole nitrogens is 1. The Morgan fingerprint density at radius 3 is 2.65 bits per heavy atom. The number of aromatic amines is 1. The Morgan fingerprint density at radius 1 is 1.19 bits per heavy atom. The number of methoxy groups -OCH3 is 1. The number of nitrogens with one attached hydrogen (secondary N) is 2. The molecule has 0 atom stereocenters. The van der Waals surface area contributed by atoms with Crippen LogP contribution in [0.2, 0.25) is 0 Å². The Labute approximate surface area is 153 Å². The molecule has 0 unspecified atom stereocenters. The lowest BCUT2D eigenvalue weighted by atomic mass is 10.1. The zero-order chi connectivity index (χ0) is 17.8. The second-order valence-corrected chi connectivity index (χ2v) is 7.69. The second kappa shape index (κ2) is 5.85. The molecule has 1 aromatic carbocycles. The zero-order valence-corrected chi connectivity index (χ0v) is 15.3. The summed E-state index contributed by atoms with van der Waals surface area (Å²) in [5.74, 6) is 0.733. The van der Waals surface area contributed by atoms with Crippen molar-refractivity contribution in [3.63, 3.8) is 0 Å². The Morgan fingerprint density at radius 2 is 1.96 bits per heavy atom. The highest BCUT2D eigenvalue weighted by molar-refractivity contribution is 7.12. The molecule has 0 amide bonds. The number of ether oxygens (including phenoxy) is 1. The van der Waals surface area contributed by atoms with Crippen LogP contribution in [0.5, 0.6) is 5.75 Å². The van der Waals surface area contributed by atoms with Crippen molar-refractivity contribution in [1.82, 2.24) is 14.3 Å². The van der Waals surface area contributed by atoms with Gasteiger partial charge in [-0.15, -0.1) is 0 Å².